The average molecular weight is 223 g/mol. The molecule has 1 rings (SSSR count). The van der Waals surface area contributed by atoms with Gasteiger partial charge in [0.05, 0.1) is 12.7 Å². The first-order valence-electron chi connectivity index (χ1n) is 4.07. The molecule has 78 valence electrons. The number of methoxy groups -OCH3 is 1. The Morgan fingerprint density at radius 2 is 2.27 bits per heavy atom. The number of nitrogens with zero attached hydrogens (tertiary/aromatic N) is 3. The number of esters is 1. The highest BCUT2D eigenvalue weighted by molar-refractivity contribution is 7.80. The third kappa shape index (κ3) is 2.43. The summed E-state index contributed by atoms with van der Waals surface area (Å²) in [5, 5.41) is 3.47. The van der Waals surface area contributed by atoms with Crippen LogP contribution in [0.15, 0.2) is 22.1 Å². The second-order valence-corrected chi connectivity index (χ2v) is 3.33. The van der Waals surface area contributed by atoms with Gasteiger partial charge in [-0.1, -0.05) is 5.11 Å². The normalized spacial score (nSPS) is 9.27. The Bertz CT molecular complexity index is 453. The first-order chi connectivity index (χ1) is 7.10. The molecular weight excluding hydrogens is 214 g/mol. The van der Waals surface area contributed by atoms with Gasteiger partial charge in [0.2, 0.25) is 0 Å². The fraction of sp³-hybridized carbons (Fsp3) is 0.222. The van der Waals surface area contributed by atoms with Crippen LogP contribution in [0.5, 0.6) is 0 Å². The molecule has 0 aliphatic carbocycles. The van der Waals surface area contributed by atoms with E-state index in [-0.39, 0.29) is 0 Å². The summed E-state index contributed by atoms with van der Waals surface area (Å²) in [6.07, 6.45) is 0. The summed E-state index contributed by atoms with van der Waals surface area (Å²) in [7, 11) is 1.29. The zero-order chi connectivity index (χ0) is 11.4. The fourth-order valence-corrected chi connectivity index (χ4v) is 1.41. The topological polar surface area (TPSA) is 75.1 Å². The number of carbonyl (C=O) groups is 1. The van der Waals surface area contributed by atoms with Crippen molar-refractivity contribution in [2.45, 2.75) is 11.8 Å². The Balaban J connectivity index is 3.40. The van der Waals surface area contributed by atoms with Crippen molar-refractivity contribution in [2.75, 3.05) is 7.11 Å². The summed E-state index contributed by atoms with van der Waals surface area (Å²) < 4.78 is 4.60. The first kappa shape index (κ1) is 11.4. The summed E-state index contributed by atoms with van der Waals surface area (Å²) in [6.45, 7) is 1.68. The zero-order valence-corrected chi connectivity index (χ0v) is 9.15. The highest BCUT2D eigenvalue weighted by atomic mass is 32.1. The van der Waals surface area contributed by atoms with Crippen LogP contribution in [-0.4, -0.2) is 13.1 Å². The van der Waals surface area contributed by atoms with E-state index in [9.17, 15) is 4.79 Å². The Morgan fingerprint density at radius 1 is 1.60 bits per heavy atom. The maximum absolute atomic E-state index is 11.4. The molecule has 0 radical (unpaired) electrons. The van der Waals surface area contributed by atoms with Crippen molar-refractivity contribution in [2.24, 2.45) is 5.11 Å². The minimum Gasteiger partial charge on any atom is -0.465 e. The monoisotopic (exact) mass is 223 g/mol. The van der Waals surface area contributed by atoms with Gasteiger partial charge in [0, 0.05) is 15.5 Å². The maximum atomic E-state index is 11.4. The highest BCUT2D eigenvalue weighted by Gasteiger charge is 2.12. The van der Waals surface area contributed by atoms with Gasteiger partial charge in [-0.25, -0.2) is 4.79 Å². The van der Waals surface area contributed by atoms with Crippen molar-refractivity contribution in [3.8, 4) is 0 Å². The molecule has 0 saturated carbocycles. The number of hydrogen-bond acceptors (Lipinski definition) is 4. The molecule has 0 bridgehead atoms. The number of carbonyl (C=O) groups excluding carboxylic acids is 1. The smallest absolute Gasteiger partial charge is 0.338 e. The lowest BCUT2D eigenvalue weighted by atomic mass is 10.1. The van der Waals surface area contributed by atoms with Gasteiger partial charge in [0.15, 0.2) is 0 Å². The molecule has 1 aromatic rings. The van der Waals surface area contributed by atoms with E-state index in [0.717, 1.165) is 0 Å². The fourth-order valence-electron chi connectivity index (χ4n) is 1.16. The molecular formula is C9H9N3O2S. The Hall–Kier alpha value is -1.65. The van der Waals surface area contributed by atoms with Crippen molar-refractivity contribution in [1.29, 1.82) is 0 Å². The van der Waals surface area contributed by atoms with Crippen LogP contribution in [0.2, 0.25) is 0 Å². The number of benzene rings is 1. The predicted molar refractivity (Wildman–Crippen MR) is 58.6 cm³/mol. The van der Waals surface area contributed by atoms with E-state index >= 15 is 0 Å². The molecule has 0 heterocycles. The molecule has 5 nitrogen and oxygen atoms in total. The van der Waals surface area contributed by atoms with Gasteiger partial charge in [-0.05, 0) is 30.2 Å². The second-order valence-electron chi connectivity index (χ2n) is 2.82. The maximum Gasteiger partial charge on any atom is 0.338 e. The number of thiol groups is 1. The molecule has 1 aromatic carbocycles. The lowest BCUT2D eigenvalue weighted by molar-refractivity contribution is 0.0599. The zero-order valence-electron chi connectivity index (χ0n) is 8.26. The number of hydrogen-bond donors (Lipinski definition) is 1. The Labute approximate surface area is 92.1 Å². The average Bonchev–Trinajstić information content (AvgIpc) is 2.22. The van der Waals surface area contributed by atoms with Gasteiger partial charge in [-0.3, -0.25) is 0 Å². The van der Waals surface area contributed by atoms with Gasteiger partial charge in [-0.2, -0.15) is 0 Å². The van der Waals surface area contributed by atoms with Crippen LogP contribution < -0.4 is 0 Å². The van der Waals surface area contributed by atoms with Crippen molar-refractivity contribution in [1.82, 2.24) is 0 Å². The van der Waals surface area contributed by atoms with Crippen LogP contribution in [0.25, 0.3) is 10.4 Å². The standard InChI is InChI=1S/C9H9N3O2S/c1-5-7(9(13)14-2)3-6(15)4-8(5)11-12-10/h3-4,15H,1-2H3. The molecule has 0 saturated heterocycles. The minimum absolute atomic E-state index is 0.354. The second kappa shape index (κ2) is 4.72. The van der Waals surface area contributed by atoms with Crippen molar-refractivity contribution in [3.63, 3.8) is 0 Å². The lowest BCUT2D eigenvalue weighted by Gasteiger charge is -2.07. The van der Waals surface area contributed by atoms with Crippen molar-refractivity contribution >= 4 is 24.3 Å². The van der Waals surface area contributed by atoms with Crippen LogP contribution in [-0.2, 0) is 4.74 Å². The summed E-state index contributed by atoms with van der Waals surface area (Å²) in [5.74, 6) is -0.474. The molecule has 6 heteroatoms. The third-order valence-corrected chi connectivity index (χ3v) is 2.18. The van der Waals surface area contributed by atoms with Gasteiger partial charge in [-0.15, -0.1) is 12.6 Å². The molecule has 0 atom stereocenters. The quantitative estimate of drug-likeness (QED) is 0.275. The van der Waals surface area contributed by atoms with Crippen LogP contribution in [0, 0.1) is 6.92 Å². The van der Waals surface area contributed by atoms with E-state index < -0.39 is 5.97 Å². The molecule has 15 heavy (non-hydrogen) atoms. The first-order valence-corrected chi connectivity index (χ1v) is 4.52. The Morgan fingerprint density at radius 3 is 2.80 bits per heavy atom. The van der Waals surface area contributed by atoms with Crippen LogP contribution in [0.1, 0.15) is 15.9 Å². The molecule has 0 aliphatic rings. The van der Waals surface area contributed by atoms with E-state index in [1.807, 2.05) is 0 Å². The van der Waals surface area contributed by atoms with Crippen LogP contribution in [0.4, 0.5) is 5.69 Å². The summed E-state index contributed by atoms with van der Waals surface area (Å²) in [6, 6.07) is 3.16. The minimum atomic E-state index is -0.474. The SMILES string of the molecule is COC(=O)c1cc(S)cc(N=[N+]=[N-])c1C. The van der Waals surface area contributed by atoms with E-state index in [1.165, 1.54) is 7.11 Å². The van der Waals surface area contributed by atoms with E-state index in [0.29, 0.717) is 21.7 Å². The predicted octanol–water partition coefficient (Wildman–Crippen LogP) is 3.01. The highest BCUT2D eigenvalue weighted by Crippen LogP contribution is 2.26. The van der Waals surface area contributed by atoms with Crippen LogP contribution >= 0.6 is 12.6 Å². The summed E-state index contributed by atoms with van der Waals surface area (Å²) in [4.78, 5) is 14.6. The molecule has 0 fully saturated rings. The van der Waals surface area contributed by atoms with Gasteiger partial charge < -0.3 is 4.74 Å². The summed E-state index contributed by atoms with van der Waals surface area (Å²) >= 11 is 4.11. The molecule has 0 amide bonds. The summed E-state index contributed by atoms with van der Waals surface area (Å²) in [5.41, 5.74) is 9.65. The van der Waals surface area contributed by atoms with Crippen molar-refractivity contribution < 1.29 is 9.53 Å². The van der Waals surface area contributed by atoms with Crippen LogP contribution in [0.3, 0.4) is 0 Å². The van der Waals surface area contributed by atoms with E-state index in [4.69, 9.17) is 5.53 Å². The number of rotatable bonds is 2. The largest absolute Gasteiger partial charge is 0.465 e. The van der Waals surface area contributed by atoms with Gasteiger partial charge in [0.25, 0.3) is 0 Å². The van der Waals surface area contributed by atoms with E-state index in [2.05, 4.69) is 27.4 Å². The molecule has 0 aromatic heterocycles. The number of azide groups is 1. The molecule has 0 spiro atoms. The number of ether oxygens (including phenoxy) is 1. The Kier molecular flexibility index (Phi) is 3.60. The van der Waals surface area contributed by atoms with E-state index in [1.54, 1.807) is 19.1 Å². The van der Waals surface area contributed by atoms with Gasteiger partial charge >= 0.3 is 5.97 Å². The van der Waals surface area contributed by atoms with Crippen molar-refractivity contribution in [3.05, 3.63) is 33.7 Å². The molecule has 0 N–H and O–H groups in total. The third-order valence-electron chi connectivity index (χ3n) is 1.92. The lowest BCUT2D eigenvalue weighted by Crippen LogP contribution is -2.03. The van der Waals surface area contributed by atoms with Gasteiger partial charge in [0.1, 0.15) is 0 Å². The molecule has 0 unspecified atom stereocenters. The molecule has 0 aliphatic heterocycles.